The molecule has 13 heteroatoms. The number of sulfonamides is 1. The van der Waals surface area contributed by atoms with E-state index in [1.807, 2.05) is 48.5 Å². The van der Waals surface area contributed by atoms with E-state index in [1.165, 1.54) is 32.4 Å². The minimum atomic E-state index is -3.76. The van der Waals surface area contributed by atoms with Crippen molar-refractivity contribution < 1.29 is 37.8 Å². The van der Waals surface area contributed by atoms with Crippen molar-refractivity contribution in [2.75, 3.05) is 37.8 Å². The third kappa shape index (κ3) is 10.8. The van der Waals surface area contributed by atoms with Crippen LogP contribution in [0.1, 0.15) is 37.4 Å². The Kier molecular flexibility index (Phi) is 13.0. The van der Waals surface area contributed by atoms with Gasteiger partial charge in [-0.2, -0.15) is 0 Å². The van der Waals surface area contributed by atoms with Gasteiger partial charge in [-0.15, -0.1) is 0 Å². The number of aliphatic hydroxyl groups excluding tert-OH is 1. The first-order valence-corrected chi connectivity index (χ1v) is 17.7. The highest BCUT2D eigenvalue weighted by Crippen LogP contribution is 2.22. The molecule has 0 aliphatic heterocycles. The van der Waals surface area contributed by atoms with Gasteiger partial charge in [0, 0.05) is 31.3 Å². The number of benzene rings is 4. The van der Waals surface area contributed by atoms with E-state index in [1.54, 1.807) is 36.4 Å². The van der Waals surface area contributed by atoms with Gasteiger partial charge in [0.1, 0.15) is 5.75 Å². The van der Waals surface area contributed by atoms with Crippen LogP contribution in [0.15, 0.2) is 103 Å². The maximum atomic E-state index is 13.9. The van der Waals surface area contributed by atoms with E-state index < -0.39 is 40.1 Å². The van der Waals surface area contributed by atoms with E-state index in [0.29, 0.717) is 24.3 Å². The Bertz CT molecular complexity index is 1870. The molecule has 0 bridgehead atoms. The van der Waals surface area contributed by atoms with Crippen molar-refractivity contribution in [2.24, 2.45) is 0 Å². The summed E-state index contributed by atoms with van der Waals surface area (Å²) in [7, 11) is -0.943. The van der Waals surface area contributed by atoms with E-state index in [2.05, 4.69) is 10.6 Å². The molecule has 3 amide bonds. The van der Waals surface area contributed by atoms with Crippen molar-refractivity contribution in [3.8, 4) is 5.75 Å². The summed E-state index contributed by atoms with van der Waals surface area (Å²) in [6.07, 6.45) is -0.909. The maximum absolute atomic E-state index is 13.9. The normalized spacial score (nSPS) is 12.3. The lowest BCUT2D eigenvalue weighted by molar-refractivity contribution is 0.0640. The monoisotopic (exact) mass is 702 g/mol. The number of nitrogens with zero attached hydrogens (tertiary/aromatic N) is 2. The van der Waals surface area contributed by atoms with Gasteiger partial charge in [-0.25, -0.2) is 13.2 Å². The minimum Gasteiger partial charge on any atom is -0.497 e. The van der Waals surface area contributed by atoms with Gasteiger partial charge in [0.15, 0.2) is 0 Å². The van der Waals surface area contributed by atoms with E-state index in [9.17, 15) is 33.0 Å². The second-order valence-corrected chi connectivity index (χ2v) is 13.9. The fourth-order valence-electron chi connectivity index (χ4n) is 5.27. The molecule has 4 N–H and O–H groups in total. The molecule has 0 heterocycles. The number of hydrogen-bond donors (Lipinski definition) is 4. The summed E-state index contributed by atoms with van der Waals surface area (Å²) in [5, 5.41) is 27.1. The molecule has 0 spiro atoms. The van der Waals surface area contributed by atoms with E-state index in [-0.39, 0.29) is 36.3 Å². The molecule has 4 rings (SSSR count). The van der Waals surface area contributed by atoms with Crippen LogP contribution >= 0.6 is 0 Å². The van der Waals surface area contributed by atoms with Gasteiger partial charge in [-0.3, -0.25) is 13.9 Å². The molecule has 0 saturated heterocycles. The van der Waals surface area contributed by atoms with Crippen LogP contribution in [0.4, 0.5) is 10.5 Å². The average Bonchev–Trinajstić information content (AvgIpc) is 3.10. The van der Waals surface area contributed by atoms with Crippen LogP contribution < -0.4 is 19.7 Å². The van der Waals surface area contributed by atoms with Gasteiger partial charge >= 0.3 is 6.09 Å². The number of carbonyl (C=O) groups excluding carboxylic acids is 2. The molecule has 0 unspecified atom stereocenters. The number of hydrogen-bond acceptors (Lipinski definition) is 7. The predicted molar refractivity (Wildman–Crippen MR) is 191 cm³/mol. The van der Waals surface area contributed by atoms with Gasteiger partial charge in [0.2, 0.25) is 10.0 Å². The number of carbonyl (C=O) groups is 3. The number of aliphatic hydroxyl groups is 1. The molecule has 2 atom stereocenters. The molecule has 4 aromatic carbocycles. The summed E-state index contributed by atoms with van der Waals surface area (Å²) in [4.78, 5) is 40.4. The van der Waals surface area contributed by atoms with Gasteiger partial charge < -0.3 is 30.5 Å². The summed E-state index contributed by atoms with van der Waals surface area (Å²) < 4.78 is 31.1. The summed E-state index contributed by atoms with van der Waals surface area (Å²) in [6.45, 7) is -0.0772. The number of rotatable bonds is 16. The van der Waals surface area contributed by atoms with Gasteiger partial charge in [0.05, 0.1) is 37.7 Å². The lowest BCUT2D eigenvalue weighted by Gasteiger charge is -2.29. The Labute approximate surface area is 292 Å². The molecular formula is C37H42N4O8S. The SMILES string of the molecule is COc1cccc(CN(C[C@@H](O)[C@H](Cc2ccccc2)NC(=O)c2cc(C(=O)NCCc3ccccc3)cc(N(C)S(C)(=O)=O)c2)C(=O)O)c1. The molecule has 0 fully saturated rings. The van der Waals surface area contributed by atoms with Crippen molar-refractivity contribution in [2.45, 2.75) is 31.5 Å². The maximum Gasteiger partial charge on any atom is 0.407 e. The van der Waals surface area contributed by atoms with Crippen LogP contribution in [-0.2, 0) is 29.4 Å². The highest BCUT2D eigenvalue weighted by Gasteiger charge is 2.28. The zero-order valence-electron chi connectivity index (χ0n) is 28.2. The summed E-state index contributed by atoms with van der Waals surface area (Å²) in [5.74, 6) is -0.647. The Morgan fingerprint density at radius 3 is 2.02 bits per heavy atom. The van der Waals surface area contributed by atoms with Gasteiger partial charge in [-0.1, -0.05) is 72.8 Å². The standard InChI is InChI=1S/C37H42N4O8S/c1-40(50(3,47)48)31-22-29(35(43)38-18-17-26-11-6-4-7-12-26)21-30(23-31)36(44)39-33(20-27-13-8-5-9-14-27)34(42)25-41(37(45)46)24-28-15-10-16-32(19-28)49-2/h4-16,19,21-23,33-34,42H,17-18,20,24-25H2,1-3H3,(H,38,43)(H,39,44)(H,45,46)/t33-,34+/m0/s1. The van der Waals surface area contributed by atoms with Crippen LogP contribution in [0.3, 0.4) is 0 Å². The Morgan fingerprint density at radius 2 is 1.42 bits per heavy atom. The summed E-state index contributed by atoms with van der Waals surface area (Å²) in [6, 6.07) is 28.6. The summed E-state index contributed by atoms with van der Waals surface area (Å²) in [5.41, 5.74) is 2.56. The molecule has 4 aromatic rings. The molecule has 0 aliphatic rings. The van der Waals surface area contributed by atoms with E-state index in [4.69, 9.17) is 4.74 Å². The molecule has 50 heavy (non-hydrogen) atoms. The fraction of sp³-hybridized carbons (Fsp3) is 0.270. The van der Waals surface area contributed by atoms with E-state index in [0.717, 1.165) is 26.6 Å². The van der Waals surface area contributed by atoms with Crippen LogP contribution in [0, 0.1) is 0 Å². The first-order valence-electron chi connectivity index (χ1n) is 15.9. The number of amides is 3. The van der Waals surface area contributed by atoms with Crippen LogP contribution in [0.25, 0.3) is 0 Å². The van der Waals surface area contributed by atoms with Crippen molar-refractivity contribution in [1.82, 2.24) is 15.5 Å². The Morgan fingerprint density at radius 1 is 0.820 bits per heavy atom. The van der Waals surface area contributed by atoms with E-state index >= 15 is 0 Å². The minimum absolute atomic E-state index is 0.0251. The number of carboxylic acid groups (broad SMARTS) is 1. The third-order valence-corrected chi connectivity index (χ3v) is 9.32. The highest BCUT2D eigenvalue weighted by molar-refractivity contribution is 7.92. The van der Waals surface area contributed by atoms with Crippen LogP contribution in [-0.4, -0.2) is 87.1 Å². The Hall–Kier alpha value is -5.40. The topological polar surface area (TPSA) is 166 Å². The second kappa shape index (κ2) is 17.3. The van der Waals surface area contributed by atoms with Crippen molar-refractivity contribution in [1.29, 1.82) is 0 Å². The number of nitrogens with one attached hydrogen (secondary N) is 2. The highest BCUT2D eigenvalue weighted by atomic mass is 32.2. The molecular weight excluding hydrogens is 660 g/mol. The lowest BCUT2D eigenvalue weighted by Crippen LogP contribution is -2.50. The molecule has 0 aliphatic carbocycles. The zero-order chi connectivity index (χ0) is 36.3. The van der Waals surface area contributed by atoms with Crippen molar-refractivity contribution in [3.63, 3.8) is 0 Å². The largest absolute Gasteiger partial charge is 0.497 e. The van der Waals surface area contributed by atoms with Crippen molar-refractivity contribution in [3.05, 3.63) is 131 Å². The number of anilines is 1. The molecule has 0 saturated carbocycles. The van der Waals surface area contributed by atoms with Gasteiger partial charge in [-0.05, 0) is 59.9 Å². The smallest absolute Gasteiger partial charge is 0.407 e. The quantitative estimate of drug-likeness (QED) is 0.136. The number of ether oxygens (including phenoxy) is 1. The fourth-order valence-corrected chi connectivity index (χ4v) is 5.76. The first-order chi connectivity index (χ1) is 23.8. The summed E-state index contributed by atoms with van der Waals surface area (Å²) >= 11 is 0. The average molecular weight is 703 g/mol. The molecule has 0 aromatic heterocycles. The zero-order valence-corrected chi connectivity index (χ0v) is 29.0. The second-order valence-electron chi connectivity index (χ2n) is 11.8. The molecule has 0 radical (unpaired) electrons. The van der Waals surface area contributed by atoms with Crippen LogP contribution in [0.2, 0.25) is 0 Å². The van der Waals surface area contributed by atoms with Crippen molar-refractivity contribution >= 4 is 33.6 Å². The number of methoxy groups -OCH3 is 1. The van der Waals surface area contributed by atoms with Crippen LogP contribution in [0.5, 0.6) is 5.75 Å². The third-order valence-electron chi connectivity index (χ3n) is 8.11. The lowest BCUT2D eigenvalue weighted by atomic mass is 9.99. The molecule has 12 nitrogen and oxygen atoms in total. The molecule has 264 valence electrons. The predicted octanol–water partition coefficient (Wildman–Crippen LogP) is 3.95. The Balaban J connectivity index is 1.60. The first kappa shape index (κ1) is 37.4. The van der Waals surface area contributed by atoms with Gasteiger partial charge in [0.25, 0.3) is 11.8 Å².